The summed E-state index contributed by atoms with van der Waals surface area (Å²) in [6.07, 6.45) is -2.44. The fraction of sp³-hybridized carbons (Fsp3) is 0.167. The number of benzene rings is 2. The molecule has 0 amide bonds. The number of hydrogen-bond donors (Lipinski definition) is 0. The standard InChI is InChI=1S/C12H10F2O/c13-12(14)8-15-11-7-3-5-9-4-1-2-6-10(9)11/h1-7,12H,8H2. The predicted molar refractivity (Wildman–Crippen MR) is 55.4 cm³/mol. The van der Waals surface area contributed by atoms with E-state index in [4.69, 9.17) is 4.74 Å². The van der Waals surface area contributed by atoms with Gasteiger partial charge in [0.2, 0.25) is 0 Å². The number of alkyl halides is 2. The van der Waals surface area contributed by atoms with E-state index in [2.05, 4.69) is 0 Å². The van der Waals surface area contributed by atoms with Gasteiger partial charge in [-0.25, -0.2) is 8.78 Å². The normalized spacial score (nSPS) is 10.9. The maximum atomic E-state index is 12.0. The summed E-state index contributed by atoms with van der Waals surface area (Å²) in [6.45, 7) is -0.562. The quantitative estimate of drug-likeness (QED) is 0.750. The molecule has 0 heterocycles. The van der Waals surface area contributed by atoms with Crippen LogP contribution in [0, 0.1) is 0 Å². The second kappa shape index (κ2) is 4.26. The molecular formula is C12H10F2O. The molecule has 2 aromatic carbocycles. The molecule has 78 valence electrons. The highest BCUT2D eigenvalue weighted by atomic mass is 19.3. The highest BCUT2D eigenvalue weighted by Gasteiger charge is 2.05. The van der Waals surface area contributed by atoms with Crippen molar-refractivity contribution in [2.24, 2.45) is 0 Å². The summed E-state index contributed by atoms with van der Waals surface area (Å²) < 4.78 is 29.0. The van der Waals surface area contributed by atoms with Gasteiger partial charge in [-0.1, -0.05) is 36.4 Å². The molecule has 0 aromatic heterocycles. The molecule has 0 saturated heterocycles. The molecule has 0 N–H and O–H groups in total. The zero-order chi connectivity index (χ0) is 10.7. The zero-order valence-electron chi connectivity index (χ0n) is 7.99. The molecular weight excluding hydrogens is 198 g/mol. The minimum absolute atomic E-state index is 0.508. The Morgan fingerprint density at radius 3 is 2.53 bits per heavy atom. The van der Waals surface area contributed by atoms with Gasteiger partial charge in [-0.2, -0.15) is 0 Å². The third-order valence-electron chi connectivity index (χ3n) is 2.11. The number of ether oxygens (including phenoxy) is 1. The van der Waals surface area contributed by atoms with Crippen molar-refractivity contribution in [3.05, 3.63) is 42.5 Å². The number of rotatable bonds is 3. The summed E-state index contributed by atoms with van der Waals surface area (Å²) in [4.78, 5) is 0. The lowest BCUT2D eigenvalue weighted by Crippen LogP contribution is -2.07. The van der Waals surface area contributed by atoms with Crippen molar-refractivity contribution in [2.45, 2.75) is 6.43 Å². The van der Waals surface area contributed by atoms with Crippen LogP contribution in [0.25, 0.3) is 10.8 Å². The maximum Gasteiger partial charge on any atom is 0.272 e. The van der Waals surface area contributed by atoms with Gasteiger partial charge in [-0.15, -0.1) is 0 Å². The Bertz CT molecular complexity index is 449. The molecule has 15 heavy (non-hydrogen) atoms. The van der Waals surface area contributed by atoms with Crippen molar-refractivity contribution in [1.29, 1.82) is 0 Å². The molecule has 2 rings (SSSR count). The fourth-order valence-corrected chi connectivity index (χ4v) is 1.47. The minimum atomic E-state index is -2.44. The van der Waals surface area contributed by atoms with E-state index in [-0.39, 0.29) is 0 Å². The van der Waals surface area contributed by atoms with Crippen LogP contribution in [-0.2, 0) is 0 Å². The first-order valence-corrected chi connectivity index (χ1v) is 4.66. The molecule has 1 nitrogen and oxygen atoms in total. The Morgan fingerprint density at radius 1 is 1.00 bits per heavy atom. The van der Waals surface area contributed by atoms with Crippen molar-refractivity contribution in [3.8, 4) is 5.75 Å². The molecule has 0 radical (unpaired) electrons. The molecule has 2 aromatic rings. The largest absolute Gasteiger partial charge is 0.487 e. The van der Waals surface area contributed by atoms with Gasteiger partial charge < -0.3 is 4.74 Å². The van der Waals surface area contributed by atoms with Crippen LogP contribution in [0.15, 0.2) is 42.5 Å². The second-order valence-electron chi connectivity index (χ2n) is 3.18. The van der Waals surface area contributed by atoms with E-state index in [1.165, 1.54) is 0 Å². The summed E-state index contributed by atoms with van der Waals surface area (Å²) in [5.74, 6) is 0.508. The number of hydrogen-bond acceptors (Lipinski definition) is 1. The van der Waals surface area contributed by atoms with Crippen molar-refractivity contribution in [1.82, 2.24) is 0 Å². The lowest BCUT2D eigenvalue weighted by atomic mass is 10.1. The van der Waals surface area contributed by atoms with Crippen LogP contribution >= 0.6 is 0 Å². The maximum absolute atomic E-state index is 12.0. The Labute approximate surface area is 86.3 Å². The van der Waals surface area contributed by atoms with E-state index in [1.54, 1.807) is 12.1 Å². The van der Waals surface area contributed by atoms with Crippen molar-refractivity contribution < 1.29 is 13.5 Å². The van der Waals surface area contributed by atoms with Gasteiger partial charge in [0, 0.05) is 5.39 Å². The lowest BCUT2D eigenvalue weighted by Gasteiger charge is -2.08. The molecule has 0 bridgehead atoms. The molecule has 0 aliphatic carbocycles. The van der Waals surface area contributed by atoms with Crippen molar-refractivity contribution in [2.75, 3.05) is 6.61 Å². The van der Waals surface area contributed by atoms with Gasteiger partial charge in [-0.3, -0.25) is 0 Å². The molecule has 0 spiro atoms. The number of fused-ring (bicyclic) bond motifs is 1. The van der Waals surface area contributed by atoms with E-state index >= 15 is 0 Å². The first kappa shape index (κ1) is 9.90. The van der Waals surface area contributed by atoms with E-state index in [1.807, 2.05) is 30.3 Å². The molecule has 0 fully saturated rings. The third kappa shape index (κ3) is 2.24. The monoisotopic (exact) mass is 208 g/mol. The molecule has 0 unspecified atom stereocenters. The molecule has 0 aliphatic heterocycles. The SMILES string of the molecule is FC(F)COc1cccc2ccccc12. The summed E-state index contributed by atoms with van der Waals surface area (Å²) in [5, 5.41) is 1.85. The fourth-order valence-electron chi connectivity index (χ4n) is 1.47. The number of halogens is 2. The highest BCUT2D eigenvalue weighted by Crippen LogP contribution is 2.25. The van der Waals surface area contributed by atoms with Gasteiger partial charge in [0.25, 0.3) is 6.43 Å². The van der Waals surface area contributed by atoms with E-state index in [0.29, 0.717) is 5.75 Å². The zero-order valence-corrected chi connectivity index (χ0v) is 7.99. The first-order valence-electron chi connectivity index (χ1n) is 4.66. The van der Waals surface area contributed by atoms with Crippen LogP contribution in [0.5, 0.6) is 5.75 Å². The third-order valence-corrected chi connectivity index (χ3v) is 2.11. The smallest absolute Gasteiger partial charge is 0.272 e. The van der Waals surface area contributed by atoms with Crippen LogP contribution < -0.4 is 4.74 Å². The second-order valence-corrected chi connectivity index (χ2v) is 3.18. The lowest BCUT2D eigenvalue weighted by molar-refractivity contribution is 0.0827. The average Bonchev–Trinajstić information content (AvgIpc) is 2.26. The molecule has 0 atom stereocenters. The van der Waals surface area contributed by atoms with Gasteiger partial charge >= 0.3 is 0 Å². The Morgan fingerprint density at radius 2 is 1.73 bits per heavy atom. The summed E-state index contributed by atoms with van der Waals surface area (Å²) in [5.41, 5.74) is 0. The van der Waals surface area contributed by atoms with Gasteiger partial charge in [0.1, 0.15) is 12.4 Å². The van der Waals surface area contributed by atoms with Gasteiger partial charge in [0.15, 0.2) is 0 Å². The topological polar surface area (TPSA) is 9.23 Å². The minimum Gasteiger partial charge on any atom is -0.487 e. The van der Waals surface area contributed by atoms with Crippen molar-refractivity contribution in [3.63, 3.8) is 0 Å². The summed E-state index contributed by atoms with van der Waals surface area (Å²) in [7, 11) is 0. The van der Waals surface area contributed by atoms with E-state index < -0.39 is 13.0 Å². The van der Waals surface area contributed by atoms with Crippen LogP contribution in [0.1, 0.15) is 0 Å². The predicted octanol–water partition coefficient (Wildman–Crippen LogP) is 3.48. The summed E-state index contributed by atoms with van der Waals surface area (Å²) >= 11 is 0. The molecule has 0 aliphatic rings. The Kier molecular flexibility index (Phi) is 2.81. The van der Waals surface area contributed by atoms with E-state index in [0.717, 1.165) is 10.8 Å². The van der Waals surface area contributed by atoms with Crippen LogP contribution in [0.4, 0.5) is 8.78 Å². The molecule has 0 saturated carbocycles. The molecule has 3 heteroatoms. The first-order chi connectivity index (χ1) is 7.27. The summed E-state index contributed by atoms with van der Waals surface area (Å²) in [6, 6.07) is 13.0. The van der Waals surface area contributed by atoms with Crippen LogP contribution in [0.3, 0.4) is 0 Å². The average molecular weight is 208 g/mol. The highest BCUT2D eigenvalue weighted by molar-refractivity contribution is 5.88. The van der Waals surface area contributed by atoms with Crippen LogP contribution in [0.2, 0.25) is 0 Å². The van der Waals surface area contributed by atoms with Gasteiger partial charge in [0.05, 0.1) is 0 Å². The van der Waals surface area contributed by atoms with Crippen LogP contribution in [-0.4, -0.2) is 13.0 Å². The Balaban J connectivity index is 2.34. The van der Waals surface area contributed by atoms with Gasteiger partial charge in [-0.05, 0) is 11.5 Å². The van der Waals surface area contributed by atoms with E-state index in [9.17, 15) is 8.78 Å². The van der Waals surface area contributed by atoms with Crippen molar-refractivity contribution >= 4 is 10.8 Å². The Hall–Kier alpha value is -1.64.